The fraction of sp³-hybridized carbons (Fsp3) is 0.381. The van der Waals surface area contributed by atoms with E-state index in [4.69, 9.17) is 0 Å². The van der Waals surface area contributed by atoms with Gasteiger partial charge in [-0.3, -0.25) is 9.59 Å². The van der Waals surface area contributed by atoms with E-state index in [-0.39, 0.29) is 18.4 Å². The third-order valence-electron chi connectivity index (χ3n) is 5.57. The molecule has 6 nitrogen and oxygen atoms in total. The predicted molar refractivity (Wildman–Crippen MR) is 109 cm³/mol. The molecule has 4 rings (SSSR count). The lowest BCUT2D eigenvalue weighted by Gasteiger charge is -2.33. The Morgan fingerprint density at radius 1 is 1.32 bits per heavy atom. The quantitative estimate of drug-likeness (QED) is 0.718. The summed E-state index contributed by atoms with van der Waals surface area (Å²) in [5, 5.41) is 13.3. The summed E-state index contributed by atoms with van der Waals surface area (Å²) in [6, 6.07) is 8.04. The first-order valence-corrected chi connectivity index (χ1v) is 10.3. The number of amides is 1. The van der Waals surface area contributed by atoms with E-state index in [0.717, 1.165) is 45.7 Å². The molecule has 0 spiro atoms. The number of thiazole rings is 1. The SMILES string of the molecule is Cc1nc(CC(=O)N(C)C2CCc3c(CC(=O)O)c4ccccc4n3C2)cs1. The molecule has 28 heavy (non-hydrogen) atoms. The fourth-order valence-corrected chi connectivity index (χ4v) is 4.78. The Morgan fingerprint density at radius 3 is 2.82 bits per heavy atom. The largest absolute Gasteiger partial charge is 0.481 e. The molecule has 0 bridgehead atoms. The molecule has 1 unspecified atom stereocenters. The number of aryl methyl sites for hydroxylation is 1. The summed E-state index contributed by atoms with van der Waals surface area (Å²) >= 11 is 1.56. The van der Waals surface area contributed by atoms with Gasteiger partial charge in [-0.2, -0.15) is 0 Å². The second-order valence-corrected chi connectivity index (χ2v) is 8.42. The topological polar surface area (TPSA) is 75.4 Å². The molecule has 2 aromatic heterocycles. The summed E-state index contributed by atoms with van der Waals surface area (Å²) in [5.74, 6) is -0.743. The Labute approximate surface area is 167 Å². The Kier molecular flexibility index (Phi) is 4.93. The molecule has 0 fully saturated rings. The van der Waals surface area contributed by atoms with Crippen molar-refractivity contribution in [1.82, 2.24) is 14.5 Å². The van der Waals surface area contributed by atoms with Crippen molar-refractivity contribution in [3.05, 3.63) is 51.6 Å². The smallest absolute Gasteiger partial charge is 0.307 e. The second-order valence-electron chi connectivity index (χ2n) is 7.36. The van der Waals surface area contributed by atoms with Crippen LogP contribution in [0.25, 0.3) is 10.9 Å². The number of aromatic nitrogens is 2. The van der Waals surface area contributed by atoms with Gasteiger partial charge in [-0.25, -0.2) is 4.98 Å². The molecule has 0 saturated carbocycles. The van der Waals surface area contributed by atoms with Crippen LogP contribution in [0.4, 0.5) is 0 Å². The zero-order valence-corrected chi connectivity index (χ0v) is 16.8. The highest BCUT2D eigenvalue weighted by Gasteiger charge is 2.29. The number of benzene rings is 1. The Hall–Kier alpha value is -2.67. The Balaban J connectivity index is 1.59. The predicted octanol–water partition coefficient (Wildman–Crippen LogP) is 3.05. The number of rotatable bonds is 5. The highest BCUT2D eigenvalue weighted by Crippen LogP contribution is 2.32. The number of carbonyl (C=O) groups is 2. The van der Waals surface area contributed by atoms with Crippen molar-refractivity contribution < 1.29 is 14.7 Å². The van der Waals surface area contributed by atoms with Crippen LogP contribution in [0, 0.1) is 6.92 Å². The maximum Gasteiger partial charge on any atom is 0.307 e. The second kappa shape index (κ2) is 7.39. The summed E-state index contributed by atoms with van der Waals surface area (Å²) in [7, 11) is 1.86. The third kappa shape index (κ3) is 3.42. The number of carboxylic acids is 1. The molecule has 1 aromatic carbocycles. The van der Waals surface area contributed by atoms with Crippen LogP contribution in [0.1, 0.15) is 28.4 Å². The number of likely N-dealkylation sites (N-methyl/N-ethyl adjacent to an activating group) is 1. The monoisotopic (exact) mass is 397 g/mol. The lowest BCUT2D eigenvalue weighted by molar-refractivity contribution is -0.136. The maximum atomic E-state index is 12.8. The first-order chi connectivity index (χ1) is 13.4. The van der Waals surface area contributed by atoms with Gasteiger partial charge in [0.25, 0.3) is 0 Å². The van der Waals surface area contributed by atoms with E-state index in [1.807, 2.05) is 48.5 Å². The van der Waals surface area contributed by atoms with Gasteiger partial charge in [0.05, 0.1) is 23.5 Å². The van der Waals surface area contributed by atoms with E-state index in [0.29, 0.717) is 13.0 Å². The van der Waals surface area contributed by atoms with Gasteiger partial charge in [-0.05, 0) is 31.4 Å². The van der Waals surface area contributed by atoms with E-state index in [1.54, 1.807) is 11.3 Å². The standard InChI is InChI=1S/C21H23N3O3S/c1-13-22-14(12-28-13)9-20(25)23(2)15-7-8-19-17(10-21(26)27)16-5-3-4-6-18(16)24(19)11-15/h3-6,12,15H,7-11H2,1-2H3,(H,26,27). The lowest BCUT2D eigenvalue weighted by Crippen LogP contribution is -2.43. The van der Waals surface area contributed by atoms with Crippen LogP contribution < -0.4 is 0 Å². The van der Waals surface area contributed by atoms with Gasteiger partial charge in [-0.15, -0.1) is 11.3 Å². The first-order valence-electron chi connectivity index (χ1n) is 9.41. The van der Waals surface area contributed by atoms with Crippen LogP contribution in [0.2, 0.25) is 0 Å². The molecule has 1 aliphatic heterocycles. The van der Waals surface area contributed by atoms with Gasteiger partial charge >= 0.3 is 5.97 Å². The fourth-order valence-electron chi connectivity index (χ4n) is 4.17. The van der Waals surface area contributed by atoms with Crippen LogP contribution in [-0.4, -0.2) is 44.5 Å². The van der Waals surface area contributed by atoms with Gasteiger partial charge in [0.15, 0.2) is 0 Å². The molecule has 0 radical (unpaired) electrons. The van der Waals surface area contributed by atoms with Crippen molar-refractivity contribution in [2.75, 3.05) is 7.05 Å². The van der Waals surface area contributed by atoms with E-state index < -0.39 is 5.97 Å². The number of nitrogens with zero attached hydrogens (tertiary/aromatic N) is 3. The van der Waals surface area contributed by atoms with Crippen LogP contribution >= 0.6 is 11.3 Å². The summed E-state index contributed by atoms with van der Waals surface area (Å²) in [5.41, 5.74) is 3.88. The van der Waals surface area contributed by atoms with Crippen LogP contribution in [0.5, 0.6) is 0 Å². The maximum absolute atomic E-state index is 12.8. The zero-order chi connectivity index (χ0) is 19.8. The molecule has 3 heterocycles. The van der Waals surface area contributed by atoms with Gasteiger partial charge in [0.1, 0.15) is 0 Å². The van der Waals surface area contributed by atoms with Crippen LogP contribution in [0.3, 0.4) is 0 Å². The highest BCUT2D eigenvalue weighted by molar-refractivity contribution is 7.09. The zero-order valence-electron chi connectivity index (χ0n) is 16.0. The van der Waals surface area contributed by atoms with E-state index in [9.17, 15) is 14.7 Å². The Morgan fingerprint density at radius 2 is 2.11 bits per heavy atom. The van der Waals surface area contributed by atoms with Crippen molar-refractivity contribution in [2.45, 2.75) is 45.2 Å². The molecule has 3 aromatic rings. The summed E-state index contributed by atoms with van der Waals surface area (Å²) < 4.78 is 2.21. The average Bonchev–Trinajstić information content (AvgIpc) is 3.22. The molecule has 7 heteroatoms. The van der Waals surface area contributed by atoms with Crippen LogP contribution in [0.15, 0.2) is 29.6 Å². The number of fused-ring (bicyclic) bond motifs is 3. The number of hydrogen-bond donors (Lipinski definition) is 1. The number of hydrogen-bond acceptors (Lipinski definition) is 4. The van der Waals surface area contributed by atoms with Crippen molar-refractivity contribution >= 4 is 34.1 Å². The number of aliphatic carboxylic acids is 1. The minimum Gasteiger partial charge on any atom is -0.481 e. The van der Waals surface area contributed by atoms with Crippen molar-refractivity contribution in [3.63, 3.8) is 0 Å². The van der Waals surface area contributed by atoms with Crippen molar-refractivity contribution in [3.8, 4) is 0 Å². The average molecular weight is 398 g/mol. The molecular formula is C21H23N3O3S. The van der Waals surface area contributed by atoms with Crippen molar-refractivity contribution in [2.24, 2.45) is 0 Å². The lowest BCUT2D eigenvalue weighted by atomic mass is 9.99. The number of carbonyl (C=O) groups excluding carboxylic acids is 1. The van der Waals surface area contributed by atoms with Crippen molar-refractivity contribution in [1.29, 1.82) is 0 Å². The first kappa shape index (κ1) is 18.7. The van der Waals surface area contributed by atoms with Crippen LogP contribution in [-0.2, 0) is 35.4 Å². The molecule has 146 valence electrons. The summed E-state index contributed by atoms with van der Waals surface area (Å²) in [4.78, 5) is 30.3. The third-order valence-corrected chi connectivity index (χ3v) is 6.39. The van der Waals surface area contributed by atoms with Gasteiger partial charge in [0.2, 0.25) is 5.91 Å². The molecule has 1 atom stereocenters. The van der Waals surface area contributed by atoms with Gasteiger partial charge in [-0.1, -0.05) is 18.2 Å². The van der Waals surface area contributed by atoms with E-state index in [2.05, 4.69) is 9.55 Å². The minimum absolute atomic E-state index is 0.0332. The van der Waals surface area contributed by atoms with Gasteiger partial charge in [0, 0.05) is 41.6 Å². The van der Waals surface area contributed by atoms with Gasteiger partial charge < -0.3 is 14.6 Å². The number of para-hydroxylation sites is 1. The van der Waals surface area contributed by atoms with E-state index >= 15 is 0 Å². The summed E-state index contributed by atoms with van der Waals surface area (Å²) in [6.07, 6.45) is 1.96. The number of carboxylic acid groups (broad SMARTS) is 1. The normalized spacial score (nSPS) is 16.1. The highest BCUT2D eigenvalue weighted by atomic mass is 32.1. The van der Waals surface area contributed by atoms with E-state index in [1.165, 1.54) is 0 Å². The molecule has 1 aliphatic rings. The minimum atomic E-state index is -0.813. The molecule has 1 N–H and O–H groups in total. The molecular weight excluding hydrogens is 374 g/mol. The Bertz CT molecular complexity index is 1050. The molecule has 0 aliphatic carbocycles. The summed E-state index contributed by atoms with van der Waals surface area (Å²) in [6.45, 7) is 2.63. The molecule has 1 amide bonds. The molecule has 0 saturated heterocycles.